The van der Waals surface area contributed by atoms with Crippen molar-refractivity contribution in [2.75, 3.05) is 0 Å². The Morgan fingerprint density at radius 3 is 2.76 bits per heavy atom. The number of Topliss-reactive ketones (excluding diaryl/α,β-unsaturated/α-hetero) is 1. The van der Waals surface area contributed by atoms with E-state index in [0.717, 1.165) is 25.5 Å². The number of nitrogens with two attached hydrogens (primary N) is 1. The number of aromatic nitrogens is 1. The molecule has 2 fully saturated rings. The first-order chi connectivity index (χ1) is 8.16. The van der Waals surface area contributed by atoms with Crippen LogP contribution in [0.2, 0.25) is 0 Å². The summed E-state index contributed by atoms with van der Waals surface area (Å²) in [6, 6.07) is 1.21. The van der Waals surface area contributed by atoms with Gasteiger partial charge in [-0.2, -0.15) is 0 Å². The minimum Gasteiger partial charge on any atom is -0.327 e. The monoisotopic (exact) mass is 234 g/mol. The van der Waals surface area contributed by atoms with Gasteiger partial charge in [0.2, 0.25) is 0 Å². The molecule has 1 heterocycles. The van der Waals surface area contributed by atoms with Gasteiger partial charge in [0.15, 0.2) is 5.78 Å². The quantitative estimate of drug-likeness (QED) is 0.793. The van der Waals surface area contributed by atoms with Crippen LogP contribution in [0.15, 0.2) is 18.5 Å². The molecule has 2 aliphatic rings. The molecule has 0 saturated heterocycles. The lowest BCUT2D eigenvalue weighted by molar-refractivity contribution is 0.0855. The Balaban J connectivity index is 1.88. The maximum Gasteiger partial charge on any atom is 0.169 e. The Hall–Kier alpha value is -1.29. The summed E-state index contributed by atoms with van der Waals surface area (Å²) >= 11 is 0. The van der Waals surface area contributed by atoms with Crippen LogP contribution in [0.25, 0.3) is 0 Å². The number of nitrogens with zero attached hydrogens (tertiary/aromatic N) is 1. The van der Waals surface area contributed by atoms with E-state index in [4.69, 9.17) is 5.73 Å². The predicted molar refractivity (Wildman–Crippen MR) is 60.8 cm³/mol. The van der Waals surface area contributed by atoms with Gasteiger partial charge in [0, 0.05) is 23.7 Å². The summed E-state index contributed by atoms with van der Waals surface area (Å²) in [7, 11) is 0. The van der Waals surface area contributed by atoms with Crippen molar-refractivity contribution < 1.29 is 9.18 Å². The van der Waals surface area contributed by atoms with Crippen molar-refractivity contribution in [2.45, 2.75) is 25.3 Å². The molecule has 0 aliphatic heterocycles. The lowest BCUT2D eigenvalue weighted by Gasteiger charge is -2.26. The molecule has 0 spiro atoms. The molecule has 2 N–H and O–H groups in total. The molecular formula is C13H15FN2O. The topological polar surface area (TPSA) is 56.0 Å². The van der Waals surface area contributed by atoms with Crippen molar-refractivity contribution in [2.24, 2.45) is 23.5 Å². The molecular weight excluding hydrogens is 219 g/mol. The summed E-state index contributed by atoms with van der Waals surface area (Å²) < 4.78 is 13.1. The molecule has 90 valence electrons. The van der Waals surface area contributed by atoms with Crippen LogP contribution in [0.4, 0.5) is 4.39 Å². The number of pyridine rings is 1. The zero-order chi connectivity index (χ0) is 12.0. The second-order valence-electron chi connectivity index (χ2n) is 5.19. The Morgan fingerprint density at radius 1 is 1.35 bits per heavy atom. The normalized spacial score (nSPS) is 35.2. The van der Waals surface area contributed by atoms with Gasteiger partial charge in [-0.05, 0) is 37.2 Å². The van der Waals surface area contributed by atoms with Gasteiger partial charge < -0.3 is 5.73 Å². The van der Waals surface area contributed by atoms with Crippen molar-refractivity contribution >= 4 is 5.78 Å². The summed E-state index contributed by atoms with van der Waals surface area (Å²) in [5.74, 6) is 0.253. The van der Waals surface area contributed by atoms with Crippen molar-refractivity contribution in [1.29, 1.82) is 0 Å². The molecule has 4 heteroatoms. The third-order valence-corrected chi connectivity index (χ3v) is 4.27. The molecule has 17 heavy (non-hydrogen) atoms. The van der Waals surface area contributed by atoms with E-state index in [1.165, 1.54) is 12.3 Å². The smallest absolute Gasteiger partial charge is 0.169 e. The molecule has 2 aliphatic carbocycles. The highest BCUT2D eigenvalue weighted by molar-refractivity contribution is 5.98. The number of fused-ring (bicyclic) bond motifs is 2. The highest BCUT2D eigenvalue weighted by atomic mass is 19.1. The molecule has 2 bridgehead atoms. The number of hydrogen-bond acceptors (Lipinski definition) is 3. The SMILES string of the molecule is NC1C2CCC(C2)C1C(=O)c1cncc(F)c1. The molecule has 0 aromatic carbocycles. The minimum absolute atomic E-state index is 0.0308. The van der Waals surface area contributed by atoms with Gasteiger partial charge in [-0.3, -0.25) is 9.78 Å². The first-order valence-corrected chi connectivity index (χ1v) is 6.07. The van der Waals surface area contributed by atoms with E-state index in [0.29, 0.717) is 17.4 Å². The summed E-state index contributed by atoms with van der Waals surface area (Å²) in [6.07, 6.45) is 5.82. The van der Waals surface area contributed by atoms with E-state index < -0.39 is 5.82 Å². The highest BCUT2D eigenvalue weighted by Crippen LogP contribution is 2.48. The minimum atomic E-state index is -0.465. The fourth-order valence-corrected chi connectivity index (χ4v) is 3.46. The molecule has 3 nitrogen and oxygen atoms in total. The Bertz CT molecular complexity index is 460. The van der Waals surface area contributed by atoms with Crippen LogP contribution in [-0.4, -0.2) is 16.8 Å². The second-order valence-corrected chi connectivity index (χ2v) is 5.19. The van der Waals surface area contributed by atoms with Crippen LogP contribution in [0.1, 0.15) is 29.6 Å². The third kappa shape index (κ3) is 1.67. The number of rotatable bonds is 2. The van der Waals surface area contributed by atoms with E-state index in [-0.39, 0.29) is 17.7 Å². The summed E-state index contributed by atoms with van der Waals surface area (Å²) in [4.78, 5) is 16.0. The summed E-state index contributed by atoms with van der Waals surface area (Å²) in [5.41, 5.74) is 6.46. The number of carbonyl (C=O) groups is 1. The maximum absolute atomic E-state index is 13.1. The average Bonchev–Trinajstić information content (AvgIpc) is 2.88. The van der Waals surface area contributed by atoms with Crippen LogP contribution >= 0.6 is 0 Å². The van der Waals surface area contributed by atoms with Gasteiger partial charge in [-0.15, -0.1) is 0 Å². The standard InChI is InChI=1S/C13H15FN2O/c14-10-4-9(5-16-6-10)13(17)11-7-1-2-8(3-7)12(11)15/h4-8,11-12H,1-3,15H2. The predicted octanol–water partition coefficient (Wildman–Crippen LogP) is 1.78. The van der Waals surface area contributed by atoms with Gasteiger partial charge in [0.05, 0.1) is 6.20 Å². The van der Waals surface area contributed by atoms with E-state index in [1.807, 2.05) is 0 Å². The van der Waals surface area contributed by atoms with Gasteiger partial charge in [-0.25, -0.2) is 4.39 Å². The fourth-order valence-electron chi connectivity index (χ4n) is 3.46. The van der Waals surface area contributed by atoms with Crippen molar-refractivity contribution in [3.05, 3.63) is 29.8 Å². The van der Waals surface area contributed by atoms with E-state index >= 15 is 0 Å². The zero-order valence-corrected chi connectivity index (χ0v) is 9.47. The Morgan fingerprint density at radius 2 is 2.12 bits per heavy atom. The van der Waals surface area contributed by atoms with Gasteiger partial charge in [0.1, 0.15) is 5.82 Å². The van der Waals surface area contributed by atoms with Crippen LogP contribution in [0.3, 0.4) is 0 Å². The number of carbonyl (C=O) groups excluding carboxylic acids is 1. The molecule has 4 atom stereocenters. The van der Waals surface area contributed by atoms with Gasteiger partial charge >= 0.3 is 0 Å². The van der Waals surface area contributed by atoms with Crippen LogP contribution in [-0.2, 0) is 0 Å². The first-order valence-electron chi connectivity index (χ1n) is 6.07. The van der Waals surface area contributed by atoms with E-state index in [1.54, 1.807) is 0 Å². The summed E-state index contributed by atoms with van der Waals surface area (Å²) in [5, 5.41) is 0. The Kier molecular flexibility index (Phi) is 2.47. The molecule has 3 rings (SSSR count). The van der Waals surface area contributed by atoms with E-state index in [2.05, 4.69) is 4.98 Å². The fraction of sp³-hybridized carbons (Fsp3) is 0.538. The second kappa shape index (κ2) is 3.88. The molecule has 1 aromatic heterocycles. The average molecular weight is 234 g/mol. The molecule has 4 unspecified atom stereocenters. The van der Waals surface area contributed by atoms with Gasteiger partial charge in [0.25, 0.3) is 0 Å². The number of hydrogen-bond donors (Lipinski definition) is 1. The lowest BCUT2D eigenvalue weighted by Crippen LogP contribution is -2.40. The largest absolute Gasteiger partial charge is 0.327 e. The summed E-state index contributed by atoms with van der Waals surface area (Å²) in [6.45, 7) is 0. The molecule has 1 aromatic rings. The highest BCUT2D eigenvalue weighted by Gasteiger charge is 2.49. The maximum atomic E-state index is 13.1. The molecule has 0 radical (unpaired) electrons. The third-order valence-electron chi connectivity index (χ3n) is 4.27. The van der Waals surface area contributed by atoms with Crippen LogP contribution < -0.4 is 5.73 Å². The zero-order valence-electron chi connectivity index (χ0n) is 9.47. The number of ketones is 1. The van der Waals surface area contributed by atoms with Crippen molar-refractivity contribution in [3.8, 4) is 0 Å². The van der Waals surface area contributed by atoms with Gasteiger partial charge in [-0.1, -0.05) is 0 Å². The lowest BCUT2D eigenvalue weighted by atomic mass is 9.80. The van der Waals surface area contributed by atoms with Crippen LogP contribution in [0.5, 0.6) is 0 Å². The molecule has 2 saturated carbocycles. The first kappa shape index (κ1) is 10.8. The molecule has 0 amide bonds. The Labute approximate surface area is 99.2 Å². The van der Waals surface area contributed by atoms with Crippen molar-refractivity contribution in [3.63, 3.8) is 0 Å². The number of halogens is 1. The van der Waals surface area contributed by atoms with Crippen LogP contribution in [0, 0.1) is 23.6 Å². The van der Waals surface area contributed by atoms with E-state index in [9.17, 15) is 9.18 Å². The van der Waals surface area contributed by atoms with Crippen molar-refractivity contribution in [1.82, 2.24) is 4.98 Å².